The average Bonchev–Trinajstić information content (AvgIpc) is 2.32. The van der Waals surface area contributed by atoms with Gasteiger partial charge in [0, 0.05) is 0 Å². The van der Waals surface area contributed by atoms with Crippen LogP contribution in [0.2, 0.25) is 0 Å². The molecular formula is C16H19NO. The molecule has 0 atom stereocenters. The summed E-state index contributed by atoms with van der Waals surface area (Å²) in [4.78, 5) is 0. The van der Waals surface area contributed by atoms with Crippen LogP contribution in [-0.4, -0.2) is 5.11 Å². The van der Waals surface area contributed by atoms with E-state index < -0.39 is 0 Å². The first-order chi connectivity index (χ1) is 8.38. The molecule has 2 rings (SSSR count). The molecule has 0 aliphatic heterocycles. The molecule has 0 heterocycles. The summed E-state index contributed by atoms with van der Waals surface area (Å²) in [7, 11) is 0. The lowest BCUT2D eigenvalue weighted by Crippen LogP contribution is -2.10. The highest BCUT2D eigenvalue weighted by atomic mass is 16.3. The number of nitrogens with two attached hydrogens (primary N) is 1. The molecule has 3 N–H and O–H groups in total. The monoisotopic (exact) mass is 241 g/mol. The average molecular weight is 241 g/mol. The molecule has 2 aromatic carbocycles. The van der Waals surface area contributed by atoms with Gasteiger partial charge in [0.2, 0.25) is 0 Å². The van der Waals surface area contributed by atoms with Gasteiger partial charge in [0.15, 0.2) is 0 Å². The van der Waals surface area contributed by atoms with Crippen LogP contribution in [0, 0.1) is 0 Å². The molecule has 0 spiro atoms. The van der Waals surface area contributed by atoms with Crippen molar-refractivity contribution in [2.45, 2.75) is 26.2 Å². The van der Waals surface area contributed by atoms with Gasteiger partial charge in [-0.05, 0) is 34.2 Å². The second kappa shape index (κ2) is 4.37. The maximum atomic E-state index is 9.42. The van der Waals surface area contributed by atoms with Gasteiger partial charge in [0.05, 0.1) is 5.69 Å². The van der Waals surface area contributed by atoms with Crippen LogP contribution in [0.5, 0.6) is 5.75 Å². The number of benzene rings is 2. The van der Waals surface area contributed by atoms with Crippen molar-refractivity contribution in [3.63, 3.8) is 0 Å². The van der Waals surface area contributed by atoms with E-state index in [1.54, 1.807) is 12.1 Å². The first-order valence-electron chi connectivity index (χ1n) is 6.07. The zero-order valence-electron chi connectivity index (χ0n) is 11.1. The van der Waals surface area contributed by atoms with Crippen molar-refractivity contribution in [2.24, 2.45) is 0 Å². The fourth-order valence-electron chi connectivity index (χ4n) is 1.90. The summed E-state index contributed by atoms with van der Waals surface area (Å²) in [5.41, 5.74) is 9.71. The molecule has 94 valence electrons. The molecule has 0 fully saturated rings. The Kier molecular flexibility index (Phi) is 3.04. The summed E-state index contributed by atoms with van der Waals surface area (Å²) in [5, 5.41) is 9.42. The summed E-state index contributed by atoms with van der Waals surface area (Å²) in [6.07, 6.45) is 0. The Morgan fingerprint density at radius 1 is 0.889 bits per heavy atom. The molecule has 0 aliphatic carbocycles. The maximum Gasteiger partial charge on any atom is 0.138 e. The van der Waals surface area contributed by atoms with Gasteiger partial charge >= 0.3 is 0 Å². The van der Waals surface area contributed by atoms with Gasteiger partial charge in [-0.15, -0.1) is 0 Å². The molecule has 18 heavy (non-hydrogen) atoms. The molecule has 2 aromatic rings. The lowest BCUT2D eigenvalue weighted by atomic mass is 9.86. The third-order valence-electron chi connectivity index (χ3n) is 3.11. The van der Waals surface area contributed by atoms with Crippen molar-refractivity contribution in [1.29, 1.82) is 0 Å². The van der Waals surface area contributed by atoms with Gasteiger partial charge in [0.1, 0.15) is 5.75 Å². The summed E-state index contributed by atoms with van der Waals surface area (Å²) in [5.74, 6) is 0.130. The highest BCUT2D eigenvalue weighted by Gasteiger charge is 2.13. The van der Waals surface area contributed by atoms with Gasteiger partial charge < -0.3 is 10.8 Å². The first kappa shape index (κ1) is 12.5. The molecule has 0 aliphatic rings. The molecule has 0 saturated carbocycles. The van der Waals surface area contributed by atoms with Crippen LogP contribution in [0.3, 0.4) is 0 Å². The van der Waals surface area contributed by atoms with Crippen molar-refractivity contribution in [3.05, 3.63) is 48.0 Å². The highest BCUT2D eigenvalue weighted by Crippen LogP contribution is 2.29. The van der Waals surface area contributed by atoms with Crippen LogP contribution in [0.15, 0.2) is 42.5 Å². The quantitative estimate of drug-likeness (QED) is 0.587. The molecule has 2 nitrogen and oxygen atoms in total. The van der Waals surface area contributed by atoms with E-state index in [1.807, 2.05) is 6.07 Å². The number of phenolic OH excluding ortho intramolecular Hbond substituents is 1. The number of anilines is 1. The lowest BCUT2D eigenvalue weighted by molar-refractivity contribution is 0.478. The molecule has 0 unspecified atom stereocenters. The normalized spacial score (nSPS) is 11.5. The minimum Gasteiger partial charge on any atom is -0.506 e. The van der Waals surface area contributed by atoms with Crippen LogP contribution in [-0.2, 0) is 5.41 Å². The number of aromatic hydroxyl groups is 1. The predicted molar refractivity (Wildman–Crippen MR) is 76.7 cm³/mol. The van der Waals surface area contributed by atoms with Gasteiger partial charge in [0.25, 0.3) is 0 Å². The minimum absolute atomic E-state index is 0.130. The van der Waals surface area contributed by atoms with Crippen LogP contribution in [0.25, 0.3) is 11.1 Å². The number of nitrogen functional groups attached to an aromatic ring is 1. The van der Waals surface area contributed by atoms with Gasteiger partial charge in [-0.1, -0.05) is 51.1 Å². The molecular weight excluding hydrogens is 222 g/mol. The summed E-state index contributed by atoms with van der Waals surface area (Å²) < 4.78 is 0. The van der Waals surface area contributed by atoms with E-state index in [9.17, 15) is 5.11 Å². The number of hydrogen-bond acceptors (Lipinski definition) is 2. The molecule has 0 radical (unpaired) electrons. The minimum atomic E-state index is 0.130. The number of phenols is 1. The molecule has 0 saturated heterocycles. The topological polar surface area (TPSA) is 46.2 Å². The Balaban J connectivity index is 2.37. The van der Waals surface area contributed by atoms with E-state index >= 15 is 0 Å². The van der Waals surface area contributed by atoms with E-state index in [2.05, 4.69) is 45.0 Å². The smallest absolute Gasteiger partial charge is 0.138 e. The van der Waals surface area contributed by atoms with Crippen molar-refractivity contribution in [1.82, 2.24) is 0 Å². The van der Waals surface area contributed by atoms with Gasteiger partial charge in [-0.2, -0.15) is 0 Å². The third kappa shape index (κ3) is 2.48. The van der Waals surface area contributed by atoms with E-state index in [4.69, 9.17) is 5.73 Å². The van der Waals surface area contributed by atoms with E-state index in [-0.39, 0.29) is 11.2 Å². The SMILES string of the molecule is CC(C)(C)c1ccc(-c2ccc(O)c(N)c2)cc1. The van der Waals surface area contributed by atoms with Crippen LogP contribution < -0.4 is 5.73 Å². The Morgan fingerprint density at radius 2 is 1.44 bits per heavy atom. The van der Waals surface area contributed by atoms with Crippen LogP contribution >= 0.6 is 0 Å². The summed E-state index contributed by atoms with van der Waals surface area (Å²) >= 11 is 0. The van der Waals surface area contributed by atoms with E-state index in [1.165, 1.54) is 5.56 Å². The van der Waals surface area contributed by atoms with Crippen LogP contribution in [0.4, 0.5) is 5.69 Å². The molecule has 0 bridgehead atoms. The summed E-state index contributed by atoms with van der Waals surface area (Å²) in [6.45, 7) is 6.58. The van der Waals surface area contributed by atoms with Crippen molar-refractivity contribution >= 4 is 5.69 Å². The first-order valence-corrected chi connectivity index (χ1v) is 6.07. The molecule has 0 amide bonds. The second-order valence-electron chi connectivity index (χ2n) is 5.60. The van der Waals surface area contributed by atoms with Crippen molar-refractivity contribution < 1.29 is 5.11 Å². The Morgan fingerprint density at radius 3 is 1.94 bits per heavy atom. The Hall–Kier alpha value is -1.96. The van der Waals surface area contributed by atoms with Crippen molar-refractivity contribution in [2.75, 3.05) is 5.73 Å². The molecule has 2 heteroatoms. The van der Waals surface area contributed by atoms with E-state index in [0.717, 1.165) is 11.1 Å². The maximum absolute atomic E-state index is 9.42. The van der Waals surface area contributed by atoms with Gasteiger partial charge in [-0.25, -0.2) is 0 Å². The lowest BCUT2D eigenvalue weighted by Gasteiger charge is -2.19. The summed E-state index contributed by atoms with van der Waals surface area (Å²) in [6, 6.07) is 13.7. The van der Waals surface area contributed by atoms with Gasteiger partial charge in [-0.3, -0.25) is 0 Å². The zero-order valence-corrected chi connectivity index (χ0v) is 11.1. The van der Waals surface area contributed by atoms with E-state index in [0.29, 0.717) is 5.69 Å². The Bertz CT molecular complexity index is 550. The highest BCUT2D eigenvalue weighted by molar-refractivity contribution is 5.70. The molecule has 0 aromatic heterocycles. The number of hydrogen-bond donors (Lipinski definition) is 2. The largest absolute Gasteiger partial charge is 0.506 e. The standard InChI is InChI=1S/C16H19NO/c1-16(2,3)13-7-4-11(5-8-13)12-6-9-15(18)14(17)10-12/h4-10,18H,17H2,1-3H3. The number of rotatable bonds is 1. The van der Waals surface area contributed by atoms with Crippen molar-refractivity contribution in [3.8, 4) is 16.9 Å². The van der Waals surface area contributed by atoms with Crippen LogP contribution in [0.1, 0.15) is 26.3 Å². The second-order valence-corrected chi connectivity index (χ2v) is 5.60. The Labute approximate surface area is 108 Å². The third-order valence-corrected chi connectivity index (χ3v) is 3.11. The zero-order chi connectivity index (χ0) is 13.3. The fourth-order valence-corrected chi connectivity index (χ4v) is 1.90. The predicted octanol–water partition coefficient (Wildman–Crippen LogP) is 3.94. The fraction of sp³-hybridized carbons (Fsp3) is 0.250.